The quantitative estimate of drug-likeness (QED) is 0.572. The van der Waals surface area contributed by atoms with Gasteiger partial charge in [-0.1, -0.05) is 18.2 Å². The third-order valence-corrected chi connectivity index (χ3v) is 5.59. The summed E-state index contributed by atoms with van der Waals surface area (Å²) in [5.41, 5.74) is 1.87. The van der Waals surface area contributed by atoms with Gasteiger partial charge in [0.15, 0.2) is 11.5 Å². The van der Waals surface area contributed by atoms with Crippen molar-refractivity contribution in [1.82, 2.24) is 9.47 Å². The molecule has 1 unspecified atom stereocenters. The van der Waals surface area contributed by atoms with E-state index in [4.69, 9.17) is 4.74 Å². The van der Waals surface area contributed by atoms with Crippen molar-refractivity contribution in [3.05, 3.63) is 83.2 Å². The molecular formula is C24H25F3N2O2. The van der Waals surface area contributed by atoms with Crippen LogP contribution in [0, 0.1) is 0 Å². The van der Waals surface area contributed by atoms with Gasteiger partial charge >= 0.3 is 6.18 Å². The summed E-state index contributed by atoms with van der Waals surface area (Å²) in [5.74, 6) is 0.485. The Morgan fingerprint density at radius 1 is 1.06 bits per heavy atom. The highest BCUT2D eigenvalue weighted by Crippen LogP contribution is 2.37. The lowest BCUT2D eigenvalue weighted by atomic mass is 9.98. The molecule has 0 saturated carbocycles. The van der Waals surface area contributed by atoms with Gasteiger partial charge in [0, 0.05) is 31.5 Å². The lowest BCUT2D eigenvalue weighted by Gasteiger charge is -2.31. The van der Waals surface area contributed by atoms with Crippen LogP contribution in [0.2, 0.25) is 0 Å². The van der Waals surface area contributed by atoms with Crippen LogP contribution in [0.5, 0.6) is 11.5 Å². The molecule has 164 valence electrons. The van der Waals surface area contributed by atoms with Crippen molar-refractivity contribution in [2.24, 2.45) is 0 Å². The SMILES string of the molecule is CCOc1cc(CN2CCCn3cccc3C2c2cccc(C(F)(F)F)c2)ccc1O. The molecule has 31 heavy (non-hydrogen) atoms. The van der Waals surface area contributed by atoms with Crippen molar-refractivity contribution < 1.29 is 23.0 Å². The van der Waals surface area contributed by atoms with E-state index in [1.165, 1.54) is 12.1 Å². The Kier molecular flexibility index (Phi) is 5.96. The third kappa shape index (κ3) is 4.56. The summed E-state index contributed by atoms with van der Waals surface area (Å²) >= 11 is 0. The molecule has 4 rings (SSSR count). The first kappa shape index (κ1) is 21.3. The van der Waals surface area contributed by atoms with Crippen LogP contribution in [-0.4, -0.2) is 27.7 Å². The van der Waals surface area contributed by atoms with E-state index in [9.17, 15) is 18.3 Å². The second-order valence-corrected chi connectivity index (χ2v) is 7.71. The number of aromatic hydroxyl groups is 1. The average molecular weight is 430 g/mol. The lowest BCUT2D eigenvalue weighted by molar-refractivity contribution is -0.137. The number of aromatic nitrogens is 1. The topological polar surface area (TPSA) is 37.6 Å². The highest BCUT2D eigenvalue weighted by Gasteiger charge is 2.33. The lowest BCUT2D eigenvalue weighted by Crippen LogP contribution is -2.29. The Balaban J connectivity index is 1.73. The van der Waals surface area contributed by atoms with Crippen LogP contribution in [0.4, 0.5) is 13.2 Å². The van der Waals surface area contributed by atoms with Crippen molar-refractivity contribution >= 4 is 0 Å². The average Bonchev–Trinajstić information content (AvgIpc) is 3.11. The maximum absolute atomic E-state index is 13.4. The summed E-state index contributed by atoms with van der Waals surface area (Å²) in [5, 5.41) is 10.0. The van der Waals surface area contributed by atoms with E-state index in [0.29, 0.717) is 24.5 Å². The van der Waals surface area contributed by atoms with Gasteiger partial charge < -0.3 is 14.4 Å². The molecule has 0 spiro atoms. The number of phenols is 1. The van der Waals surface area contributed by atoms with Gasteiger partial charge in [-0.2, -0.15) is 13.2 Å². The largest absolute Gasteiger partial charge is 0.504 e. The Hall–Kier alpha value is -2.93. The summed E-state index contributed by atoms with van der Waals surface area (Å²) < 4.78 is 47.8. The van der Waals surface area contributed by atoms with Crippen molar-refractivity contribution in [2.45, 2.75) is 38.7 Å². The minimum atomic E-state index is -4.39. The van der Waals surface area contributed by atoms with Crippen LogP contribution in [0.1, 0.15) is 41.8 Å². The monoisotopic (exact) mass is 430 g/mol. The molecule has 7 heteroatoms. The molecule has 0 radical (unpaired) electrons. The molecule has 2 aromatic carbocycles. The third-order valence-electron chi connectivity index (χ3n) is 5.59. The fourth-order valence-corrected chi connectivity index (χ4v) is 4.24. The number of phenolic OH excluding ortho intramolecular Hbond substituents is 1. The number of alkyl halides is 3. The molecule has 1 N–H and O–H groups in total. The summed E-state index contributed by atoms with van der Waals surface area (Å²) in [7, 11) is 0. The number of rotatable bonds is 5. The summed E-state index contributed by atoms with van der Waals surface area (Å²) in [6.07, 6.45) is -1.53. The Morgan fingerprint density at radius 2 is 1.90 bits per heavy atom. The van der Waals surface area contributed by atoms with Crippen LogP contribution < -0.4 is 4.74 Å². The fourth-order valence-electron chi connectivity index (χ4n) is 4.24. The number of ether oxygens (including phenoxy) is 1. The number of nitrogens with zero attached hydrogens (tertiary/aromatic N) is 2. The highest BCUT2D eigenvalue weighted by atomic mass is 19.4. The molecule has 0 saturated heterocycles. The van der Waals surface area contributed by atoms with E-state index in [0.717, 1.165) is 36.8 Å². The van der Waals surface area contributed by atoms with E-state index >= 15 is 0 Å². The number of benzene rings is 2. The predicted octanol–water partition coefficient (Wildman–Crippen LogP) is 5.61. The first-order valence-electron chi connectivity index (χ1n) is 10.4. The van der Waals surface area contributed by atoms with Gasteiger partial charge in [0.2, 0.25) is 0 Å². The van der Waals surface area contributed by atoms with Crippen molar-refractivity contribution in [2.75, 3.05) is 13.2 Å². The van der Waals surface area contributed by atoms with Crippen LogP contribution in [0.25, 0.3) is 0 Å². The molecular weight excluding hydrogens is 405 g/mol. The maximum Gasteiger partial charge on any atom is 0.416 e. The zero-order valence-electron chi connectivity index (χ0n) is 17.3. The van der Waals surface area contributed by atoms with E-state index in [1.807, 2.05) is 31.3 Å². The highest BCUT2D eigenvalue weighted by molar-refractivity contribution is 5.42. The molecule has 4 nitrogen and oxygen atoms in total. The number of hydrogen-bond acceptors (Lipinski definition) is 3. The van der Waals surface area contributed by atoms with Crippen LogP contribution in [0.3, 0.4) is 0 Å². The molecule has 0 aliphatic carbocycles. The summed E-state index contributed by atoms with van der Waals surface area (Å²) in [4.78, 5) is 2.19. The molecule has 1 atom stereocenters. The van der Waals surface area contributed by atoms with Crippen LogP contribution in [-0.2, 0) is 19.3 Å². The molecule has 1 aliphatic heterocycles. The molecule has 0 fully saturated rings. The second-order valence-electron chi connectivity index (χ2n) is 7.71. The first-order chi connectivity index (χ1) is 14.9. The Morgan fingerprint density at radius 3 is 2.68 bits per heavy atom. The molecule has 1 aliphatic rings. The van der Waals surface area contributed by atoms with Gasteiger partial charge in [0.1, 0.15) is 0 Å². The normalized spacial score (nSPS) is 17.2. The molecule has 2 heterocycles. The van der Waals surface area contributed by atoms with Crippen LogP contribution >= 0.6 is 0 Å². The molecule has 3 aromatic rings. The minimum absolute atomic E-state index is 0.0739. The summed E-state index contributed by atoms with van der Waals surface area (Å²) in [6, 6.07) is 14.4. The van der Waals surface area contributed by atoms with Gasteiger partial charge in [-0.3, -0.25) is 4.90 Å². The maximum atomic E-state index is 13.4. The van der Waals surface area contributed by atoms with Gasteiger partial charge in [0.25, 0.3) is 0 Å². The Labute approximate surface area is 179 Å². The van der Waals surface area contributed by atoms with Gasteiger partial charge in [-0.25, -0.2) is 0 Å². The van der Waals surface area contributed by atoms with Crippen molar-refractivity contribution in [3.8, 4) is 11.5 Å². The number of aryl methyl sites for hydroxylation is 1. The predicted molar refractivity (Wildman–Crippen MR) is 112 cm³/mol. The smallest absolute Gasteiger partial charge is 0.416 e. The van der Waals surface area contributed by atoms with Gasteiger partial charge in [-0.15, -0.1) is 0 Å². The molecule has 0 bridgehead atoms. The van der Waals surface area contributed by atoms with E-state index in [1.54, 1.807) is 18.2 Å². The zero-order valence-corrected chi connectivity index (χ0v) is 17.3. The van der Waals surface area contributed by atoms with E-state index in [2.05, 4.69) is 9.47 Å². The van der Waals surface area contributed by atoms with Gasteiger partial charge in [-0.05, 0) is 60.9 Å². The molecule has 0 amide bonds. The fraction of sp³-hybridized carbons (Fsp3) is 0.333. The number of hydrogen-bond donors (Lipinski definition) is 1. The number of fused-ring (bicyclic) bond motifs is 1. The zero-order chi connectivity index (χ0) is 22.0. The van der Waals surface area contributed by atoms with Crippen molar-refractivity contribution in [3.63, 3.8) is 0 Å². The van der Waals surface area contributed by atoms with Crippen molar-refractivity contribution in [1.29, 1.82) is 0 Å². The second kappa shape index (κ2) is 8.67. The Bertz CT molecular complexity index is 1050. The minimum Gasteiger partial charge on any atom is -0.504 e. The standard InChI is InChI=1S/C24H25F3N2O2/c1-2-31-22-14-17(9-10-21(22)30)16-29-13-5-12-28-11-4-8-20(28)23(29)18-6-3-7-19(15-18)24(25,26)27/h3-4,6-11,14-15,23,30H,2,5,12-13,16H2,1H3. The van der Waals surface area contributed by atoms with E-state index in [-0.39, 0.29) is 11.8 Å². The van der Waals surface area contributed by atoms with Gasteiger partial charge in [0.05, 0.1) is 18.2 Å². The van der Waals surface area contributed by atoms with Crippen LogP contribution in [0.15, 0.2) is 60.8 Å². The molecule has 1 aromatic heterocycles. The summed E-state index contributed by atoms with van der Waals surface area (Å²) in [6.45, 7) is 4.34. The first-order valence-corrected chi connectivity index (χ1v) is 10.4. The number of halogens is 3. The van der Waals surface area contributed by atoms with E-state index < -0.39 is 11.7 Å².